The van der Waals surface area contributed by atoms with E-state index in [2.05, 4.69) is 10.3 Å². The van der Waals surface area contributed by atoms with Crippen LogP contribution in [0, 0.1) is 0 Å². The Bertz CT molecular complexity index is 601. The Morgan fingerprint density at radius 2 is 1.90 bits per heavy atom. The second-order valence-corrected chi connectivity index (χ2v) is 5.08. The summed E-state index contributed by atoms with van der Waals surface area (Å²) < 4.78 is 0. The molecule has 0 aliphatic carbocycles. The number of nitrogens with two attached hydrogens (primary N) is 1. The fourth-order valence-electron chi connectivity index (χ4n) is 2.05. The van der Waals surface area contributed by atoms with Crippen LogP contribution >= 0.6 is 12.2 Å². The van der Waals surface area contributed by atoms with Crippen LogP contribution in [-0.2, 0) is 11.2 Å². The van der Waals surface area contributed by atoms with Crippen LogP contribution in [0.5, 0.6) is 0 Å². The Morgan fingerprint density at radius 3 is 2.52 bits per heavy atom. The maximum absolute atomic E-state index is 12.3. The van der Waals surface area contributed by atoms with Crippen molar-refractivity contribution in [3.05, 3.63) is 66.0 Å². The van der Waals surface area contributed by atoms with Gasteiger partial charge in [0.05, 0.1) is 4.99 Å². The molecular formula is C16H17N3OS. The zero-order chi connectivity index (χ0) is 15.1. The van der Waals surface area contributed by atoms with E-state index in [-0.39, 0.29) is 10.9 Å². The molecule has 0 fully saturated rings. The molecule has 0 bridgehead atoms. The van der Waals surface area contributed by atoms with E-state index in [1.807, 2.05) is 48.5 Å². The van der Waals surface area contributed by atoms with Crippen LogP contribution in [0.3, 0.4) is 0 Å². The molecule has 1 unspecified atom stereocenters. The number of carbonyl (C=O) groups is 1. The van der Waals surface area contributed by atoms with Crippen molar-refractivity contribution in [1.29, 1.82) is 0 Å². The molecule has 1 atom stereocenters. The summed E-state index contributed by atoms with van der Waals surface area (Å²) in [7, 11) is 0. The van der Waals surface area contributed by atoms with Crippen molar-refractivity contribution in [3.63, 3.8) is 0 Å². The topological polar surface area (TPSA) is 68.0 Å². The maximum Gasteiger partial charge on any atom is 0.234 e. The third-order valence-corrected chi connectivity index (χ3v) is 3.32. The summed E-state index contributed by atoms with van der Waals surface area (Å²) in [6, 6.07) is 15.0. The summed E-state index contributed by atoms with van der Waals surface area (Å²) in [5.74, 6) is -0.769. The molecule has 3 N–H and O–H groups in total. The van der Waals surface area contributed by atoms with Crippen LogP contribution in [0.25, 0.3) is 0 Å². The highest BCUT2D eigenvalue weighted by molar-refractivity contribution is 7.80. The van der Waals surface area contributed by atoms with Gasteiger partial charge in [0.15, 0.2) is 0 Å². The first-order valence-electron chi connectivity index (χ1n) is 6.70. The monoisotopic (exact) mass is 299 g/mol. The minimum Gasteiger partial charge on any atom is -0.392 e. The van der Waals surface area contributed by atoms with Gasteiger partial charge in [-0.15, -0.1) is 0 Å². The second-order valence-electron chi connectivity index (χ2n) is 4.61. The van der Waals surface area contributed by atoms with Crippen LogP contribution in [0.15, 0.2) is 54.7 Å². The molecule has 1 heterocycles. The molecule has 0 saturated carbocycles. The fourth-order valence-corrected chi connectivity index (χ4v) is 2.30. The normalized spacial score (nSPS) is 11.6. The molecule has 0 radical (unpaired) electrons. The number of hydrogen-bond donors (Lipinski definition) is 2. The van der Waals surface area contributed by atoms with E-state index < -0.39 is 5.92 Å². The number of rotatable bonds is 6. The number of amides is 1. The van der Waals surface area contributed by atoms with Crippen molar-refractivity contribution < 1.29 is 4.79 Å². The Kier molecular flexibility index (Phi) is 5.40. The quantitative estimate of drug-likeness (QED) is 0.798. The van der Waals surface area contributed by atoms with Gasteiger partial charge < -0.3 is 11.1 Å². The third kappa shape index (κ3) is 4.36. The van der Waals surface area contributed by atoms with Gasteiger partial charge in [0, 0.05) is 24.9 Å². The van der Waals surface area contributed by atoms with E-state index in [9.17, 15) is 4.79 Å². The summed E-state index contributed by atoms with van der Waals surface area (Å²) in [6.07, 6.45) is 2.41. The zero-order valence-corrected chi connectivity index (χ0v) is 12.3. The number of nitrogens with zero attached hydrogens (tertiary/aromatic N) is 1. The molecule has 108 valence electrons. The maximum atomic E-state index is 12.3. The predicted octanol–water partition coefficient (Wildman–Crippen LogP) is 1.81. The van der Waals surface area contributed by atoms with E-state index in [1.165, 1.54) is 0 Å². The molecule has 1 aromatic heterocycles. The van der Waals surface area contributed by atoms with Gasteiger partial charge in [-0.05, 0) is 17.7 Å². The van der Waals surface area contributed by atoms with Crippen molar-refractivity contribution >= 4 is 23.1 Å². The summed E-state index contributed by atoms with van der Waals surface area (Å²) in [5, 5.41) is 2.86. The highest BCUT2D eigenvalue weighted by Gasteiger charge is 2.22. The summed E-state index contributed by atoms with van der Waals surface area (Å²) in [5.41, 5.74) is 7.45. The lowest BCUT2D eigenvalue weighted by Crippen LogP contribution is -2.37. The molecule has 2 rings (SSSR count). The fraction of sp³-hybridized carbons (Fsp3) is 0.188. The SMILES string of the molecule is NC(=S)C(C(=O)NCCc1ccccn1)c1ccccc1. The number of nitrogens with one attached hydrogen (secondary N) is 1. The third-order valence-electron chi connectivity index (χ3n) is 3.09. The molecule has 2 aromatic rings. The molecule has 1 amide bonds. The first-order valence-corrected chi connectivity index (χ1v) is 7.11. The summed E-state index contributed by atoms with van der Waals surface area (Å²) in [4.78, 5) is 16.7. The van der Waals surface area contributed by atoms with Gasteiger partial charge in [-0.1, -0.05) is 48.6 Å². The predicted molar refractivity (Wildman–Crippen MR) is 86.9 cm³/mol. The standard InChI is InChI=1S/C16H17N3OS/c17-15(21)14(12-6-2-1-3-7-12)16(20)19-11-9-13-8-4-5-10-18-13/h1-8,10,14H,9,11H2,(H2,17,21)(H,19,20). The van der Waals surface area contributed by atoms with Gasteiger partial charge in [-0.25, -0.2) is 0 Å². The second kappa shape index (κ2) is 7.50. The van der Waals surface area contributed by atoms with Gasteiger partial charge in [0.25, 0.3) is 0 Å². The highest BCUT2D eigenvalue weighted by Crippen LogP contribution is 2.16. The molecular weight excluding hydrogens is 282 g/mol. The lowest BCUT2D eigenvalue weighted by Gasteiger charge is -2.15. The molecule has 0 aliphatic heterocycles. The lowest BCUT2D eigenvalue weighted by atomic mass is 9.98. The highest BCUT2D eigenvalue weighted by atomic mass is 32.1. The van der Waals surface area contributed by atoms with Crippen molar-refractivity contribution in [2.24, 2.45) is 5.73 Å². The van der Waals surface area contributed by atoms with Crippen LogP contribution < -0.4 is 11.1 Å². The van der Waals surface area contributed by atoms with E-state index in [4.69, 9.17) is 18.0 Å². The molecule has 0 aliphatic rings. The average molecular weight is 299 g/mol. The minimum absolute atomic E-state index is 0.176. The minimum atomic E-state index is -0.593. The number of thiocarbonyl (C=S) groups is 1. The molecule has 0 spiro atoms. The van der Waals surface area contributed by atoms with E-state index in [0.29, 0.717) is 13.0 Å². The first-order chi connectivity index (χ1) is 10.2. The van der Waals surface area contributed by atoms with E-state index >= 15 is 0 Å². The van der Waals surface area contributed by atoms with Crippen LogP contribution in [0.4, 0.5) is 0 Å². The number of hydrogen-bond acceptors (Lipinski definition) is 3. The van der Waals surface area contributed by atoms with Crippen molar-refractivity contribution in [2.75, 3.05) is 6.54 Å². The van der Waals surface area contributed by atoms with Crippen molar-refractivity contribution in [3.8, 4) is 0 Å². The van der Waals surface area contributed by atoms with Gasteiger partial charge in [0.2, 0.25) is 5.91 Å². The molecule has 21 heavy (non-hydrogen) atoms. The lowest BCUT2D eigenvalue weighted by molar-refractivity contribution is -0.121. The number of benzene rings is 1. The molecule has 5 heteroatoms. The average Bonchev–Trinajstić information content (AvgIpc) is 2.49. The zero-order valence-electron chi connectivity index (χ0n) is 11.5. The Morgan fingerprint density at radius 1 is 1.19 bits per heavy atom. The van der Waals surface area contributed by atoms with Crippen LogP contribution in [-0.4, -0.2) is 22.4 Å². The molecule has 0 saturated heterocycles. The Hall–Kier alpha value is -2.27. The van der Waals surface area contributed by atoms with Crippen LogP contribution in [0.2, 0.25) is 0 Å². The van der Waals surface area contributed by atoms with Crippen molar-refractivity contribution in [2.45, 2.75) is 12.3 Å². The molecule has 1 aromatic carbocycles. The van der Waals surface area contributed by atoms with Crippen molar-refractivity contribution in [1.82, 2.24) is 10.3 Å². The van der Waals surface area contributed by atoms with Gasteiger partial charge in [0.1, 0.15) is 5.92 Å². The smallest absolute Gasteiger partial charge is 0.234 e. The summed E-state index contributed by atoms with van der Waals surface area (Å²) >= 11 is 5.02. The summed E-state index contributed by atoms with van der Waals surface area (Å²) in [6.45, 7) is 0.502. The Labute approximate surface area is 129 Å². The van der Waals surface area contributed by atoms with Gasteiger partial charge in [-0.2, -0.15) is 0 Å². The number of carbonyl (C=O) groups excluding carboxylic acids is 1. The Balaban J connectivity index is 1.95. The van der Waals surface area contributed by atoms with Crippen LogP contribution in [0.1, 0.15) is 17.2 Å². The number of pyridine rings is 1. The van der Waals surface area contributed by atoms with Gasteiger partial charge >= 0.3 is 0 Å². The van der Waals surface area contributed by atoms with Gasteiger partial charge in [-0.3, -0.25) is 9.78 Å². The first kappa shape index (κ1) is 15.1. The molecule has 4 nitrogen and oxygen atoms in total. The van der Waals surface area contributed by atoms with E-state index in [0.717, 1.165) is 11.3 Å². The van der Waals surface area contributed by atoms with E-state index in [1.54, 1.807) is 6.20 Å². The largest absolute Gasteiger partial charge is 0.392 e. The number of aromatic nitrogens is 1.